The molecular weight excluding hydrogens is 336 g/mol. The van der Waals surface area contributed by atoms with Gasteiger partial charge in [0.15, 0.2) is 9.84 Å². The van der Waals surface area contributed by atoms with Gasteiger partial charge in [-0.05, 0) is 30.9 Å². The summed E-state index contributed by atoms with van der Waals surface area (Å²) in [5.41, 5.74) is 1.81. The molecule has 1 aromatic heterocycles. The van der Waals surface area contributed by atoms with Crippen molar-refractivity contribution in [2.45, 2.75) is 32.2 Å². The maximum atomic E-state index is 11.7. The number of hydrogen-bond donors (Lipinski definition) is 0. The zero-order valence-corrected chi connectivity index (χ0v) is 14.7. The average molecular weight is 356 g/mol. The first-order chi connectivity index (χ1) is 12.0. The highest BCUT2D eigenvalue weighted by Gasteiger charge is 2.29. The Morgan fingerprint density at radius 2 is 2.12 bits per heavy atom. The second-order valence-corrected chi connectivity index (χ2v) is 8.85. The van der Waals surface area contributed by atoms with Gasteiger partial charge in [0.1, 0.15) is 5.82 Å². The molecule has 0 aliphatic carbocycles. The zero-order chi connectivity index (χ0) is 17.9. The van der Waals surface area contributed by atoms with Crippen LogP contribution in [0.15, 0.2) is 24.3 Å². The minimum Gasteiger partial charge on any atom is -0.327 e. The molecule has 25 heavy (non-hydrogen) atoms. The van der Waals surface area contributed by atoms with E-state index in [9.17, 15) is 13.7 Å². The Balaban J connectivity index is 1.89. The monoisotopic (exact) mass is 356 g/mol. The Morgan fingerprint density at radius 1 is 1.32 bits per heavy atom. The molecule has 0 spiro atoms. The van der Waals surface area contributed by atoms with E-state index in [-0.39, 0.29) is 23.3 Å². The summed E-state index contributed by atoms with van der Waals surface area (Å²) in [6.07, 6.45) is 2.14. The number of rotatable bonds is 6. The van der Waals surface area contributed by atoms with Crippen LogP contribution >= 0.6 is 0 Å². The first kappa shape index (κ1) is 17.4. The summed E-state index contributed by atoms with van der Waals surface area (Å²) in [7, 11) is -2.92. The summed E-state index contributed by atoms with van der Waals surface area (Å²) in [5.74, 6) is 1.12. The van der Waals surface area contributed by atoms with Crippen molar-refractivity contribution in [3.8, 4) is 12.1 Å². The molecule has 3 rings (SSSR count). The summed E-state index contributed by atoms with van der Waals surface area (Å²) in [4.78, 5) is 4.69. The van der Waals surface area contributed by atoms with Gasteiger partial charge in [-0.25, -0.2) is 13.4 Å². The molecule has 1 fully saturated rings. The van der Waals surface area contributed by atoms with E-state index in [2.05, 4.69) is 17.1 Å². The van der Waals surface area contributed by atoms with E-state index in [4.69, 9.17) is 5.26 Å². The Kier molecular flexibility index (Phi) is 5.06. The van der Waals surface area contributed by atoms with Crippen molar-refractivity contribution < 1.29 is 8.42 Å². The molecule has 130 valence electrons. The molecule has 6 nitrogen and oxygen atoms in total. The number of benzene rings is 1. The number of nitriles is 2. The van der Waals surface area contributed by atoms with Crippen LogP contribution in [-0.2, 0) is 22.8 Å². The van der Waals surface area contributed by atoms with Crippen molar-refractivity contribution in [1.82, 2.24) is 9.55 Å². The lowest BCUT2D eigenvalue weighted by Gasteiger charge is -2.14. The van der Waals surface area contributed by atoms with Crippen LogP contribution in [-0.4, -0.2) is 29.5 Å². The van der Waals surface area contributed by atoms with Gasteiger partial charge < -0.3 is 4.57 Å². The minimum atomic E-state index is -2.92. The zero-order valence-electron chi connectivity index (χ0n) is 13.9. The third-order valence-corrected chi connectivity index (χ3v) is 6.56. The standard InChI is InChI=1S/C18H20N4O2S/c19-8-3-4-15(11-20)12-22-17-6-2-1-5-16(17)21-18(22)10-14-7-9-25(23,24)13-14/h1-2,5-6,14-15H,3-4,7,9-10,12-13H2. The lowest BCUT2D eigenvalue weighted by atomic mass is 10.0. The van der Waals surface area contributed by atoms with Crippen molar-refractivity contribution in [3.05, 3.63) is 30.1 Å². The van der Waals surface area contributed by atoms with Crippen LogP contribution in [0, 0.1) is 34.5 Å². The fraction of sp³-hybridized carbons (Fsp3) is 0.500. The number of hydrogen-bond acceptors (Lipinski definition) is 5. The molecule has 0 N–H and O–H groups in total. The van der Waals surface area contributed by atoms with E-state index in [1.54, 1.807) is 0 Å². The fourth-order valence-electron chi connectivity index (χ4n) is 3.43. The third-order valence-electron chi connectivity index (χ3n) is 4.72. The summed E-state index contributed by atoms with van der Waals surface area (Å²) in [6, 6.07) is 12.1. The number of sulfone groups is 1. The number of imidazole rings is 1. The smallest absolute Gasteiger partial charge is 0.150 e. The van der Waals surface area contributed by atoms with Gasteiger partial charge in [0.05, 0.1) is 40.6 Å². The van der Waals surface area contributed by atoms with Crippen LogP contribution < -0.4 is 0 Å². The molecule has 0 amide bonds. The average Bonchev–Trinajstić information content (AvgIpc) is 3.11. The topological polar surface area (TPSA) is 99.5 Å². The molecule has 0 bridgehead atoms. The van der Waals surface area contributed by atoms with E-state index in [1.807, 2.05) is 28.8 Å². The molecule has 7 heteroatoms. The highest BCUT2D eigenvalue weighted by Crippen LogP contribution is 2.26. The lowest BCUT2D eigenvalue weighted by molar-refractivity contribution is 0.485. The number of fused-ring (bicyclic) bond motifs is 1. The Morgan fingerprint density at radius 3 is 2.80 bits per heavy atom. The summed E-state index contributed by atoms with van der Waals surface area (Å²) < 4.78 is 25.5. The lowest BCUT2D eigenvalue weighted by Crippen LogP contribution is -2.15. The Hall–Kier alpha value is -2.38. The van der Waals surface area contributed by atoms with E-state index in [1.165, 1.54) is 0 Å². The molecule has 0 saturated carbocycles. The van der Waals surface area contributed by atoms with Crippen molar-refractivity contribution in [3.63, 3.8) is 0 Å². The maximum absolute atomic E-state index is 11.7. The van der Waals surface area contributed by atoms with E-state index in [0.29, 0.717) is 32.2 Å². The molecule has 1 aliphatic rings. The molecule has 1 aromatic carbocycles. The maximum Gasteiger partial charge on any atom is 0.150 e. The van der Waals surface area contributed by atoms with Crippen molar-refractivity contribution in [2.75, 3.05) is 11.5 Å². The van der Waals surface area contributed by atoms with E-state index < -0.39 is 9.84 Å². The van der Waals surface area contributed by atoms with Crippen LogP contribution in [0.4, 0.5) is 0 Å². The Bertz CT molecular complexity index is 950. The van der Waals surface area contributed by atoms with Crippen molar-refractivity contribution in [2.24, 2.45) is 11.8 Å². The summed E-state index contributed by atoms with van der Waals surface area (Å²) in [5, 5.41) is 18.2. The minimum absolute atomic E-state index is 0.0835. The molecule has 2 aromatic rings. The van der Waals surface area contributed by atoms with Crippen LogP contribution in [0.5, 0.6) is 0 Å². The van der Waals surface area contributed by atoms with Gasteiger partial charge in [-0.1, -0.05) is 12.1 Å². The number of aromatic nitrogens is 2. The van der Waals surface area contributed by atoms with Gasteiger partial charge in [-0.15, -0.1) is 0 Å². The molecule has 1 saturated heterocycles. The quantitative estimate of drug-likeness (QED) is 0.791. The van der Waals surface area contributed by atoms with Gasteiger partial charge in [-0.2, -0.15) is 10.5 Å². The molecule has 0 radical (unpaired) electrons. The molecule has 1 aliphatic heterocycles. The number of nitrogens with zero attached hydrogens (tertiary/aromatic N) is 4. The molecular formula is C18H20N4O2S. The molecule has 2 unspecified atom stereocenters. The van der Waals surface area contributed by atoms with Gasteiger partial charge in [0, 0.05) is 19.4 Å². The van der Waals surface area contributed by atoms with Crippen LogP contribution in [0.3, 0.4) is 0 Å². The summed E-state index contributed by atoms with van der Waals surface area (Å²) in [6.45, 7) is 0.480. The highest BCUT2D eigenvalue weighted by molar-refractivity contribution is 7.91. The third kappa shape index (κ3) is 4.00. The predicted molar refractivity (Wildman–Crippen MR) is 94.1 cm³/mol. The van der Waals surface area contributed by atoms with Crippen LogP contribution in [0.2, 0.25) is 0 Å². The second kappa shape index (κ2) is 7.25. The fourth-order valence-corrected chi connectivity index (χ4v) is 5.29. The number of para-hydroxylation sites is 2. The molecule has 2 heterocycles. The van der Waals surface area contributed by atoms with Crippen molar-refractivity contribution >= 4 is 20.9 Å². The summed E-state index contributed by atoms with van der Waals surface area (Å²) >= 11 is 0. The second-order valence-electron chi connectivity index (χ2n) is 6.62. The predicted octanol–water partition coefficient (Wildman–Crippen LogP) is 2.46. The molecule has 2 atom stereocenters. The van der Waals surface area contributed by atoms with Gasteiger partial charge in [-0.3, -0.25) is 0 Å². The SMILES string of the molecule is N#CCCC(C#N)Cn1c(CC2CCS(=O)(=O)C2)nc2ccccc21. The first-order valence-corrected chi connectivity index (χ1v) is 10.3. The van der Waals surface area contributed by atoms with Gasteiger partial charge >= 0.3 is 0 Å². The largest absolute Gasteiger partial charge is 0.327 e. The van der Waals surface area contributed by atoms with Crippen LogP contribution in [0.25, 0.3) is 11.0 Å². The van der Waals surface area contributed by atoms with E-state index in [0.717, 1.165) is 16.9 Å². The van der Waals surface area contributed by atoms with Crippen LogP contribution in [0.1, 0.15) is 25.1 Å². The van der Waals surface area contributed by atoms with E-state index >= 15 is 0 Å². The van der Waals surface area contributed by atoms with Gasteiger partial charge in [0.25, 0.3) is 0 Å². The first-order valence-electron chi connectivity index (χ1n) is 8.43. The van der Waals surface area contributed by atoms with Crippen molar-refractivity contribution in [1.29, 1.82) is 10.5 Å². The normalized spacial score (nSPS) is 20.2. The Labute approximate surface area is 147 Å². The highest BCUT2D eigenvalue weighted by atomic mass is 32.2. The van der Waals surface area contributed by atoms with Gasteiger partial charge in [0.2, 0.25) is 0 Å².